The van der Waals surface area contributed by atoms with Crippen LogP contribution in [-0.4, -0.2) is 37.0 Å². The van der Waals surface area contributed by atoms with E-state index in [0.717, 1.165) is 65.8 Å². The predicted octanol–water partition coefficient (Wildman–Crippen LogP) is 7.55. The first-order chi connectivity index (χ1) is 19.3. The fourth-order valence-corrected chi connectivity index (χ4v) is 6.91. The largest absolute Gasteiger partial charge is 0.496 e. The molecule has 5 rings (SSSR count). The van der Waals surface area contributed by atoms with Crippen LogP contribution >= 0.6 is 22.9 Å². The zero-order valence-electron chi connectivity index (χ0n) is 22.1. The smallest absolute Gasteiger partial charge is 0.266 e. The Labute approximate surface area is 240 Å². The number of carbonyl (C=O) groups is 1. The van der Waals surface area contributed by atoms with Crippen LogP contribution < -0.4 is 10.1 Å². The molecule has 3 aromatic carbocycles. The summed E-state index contributed by atoms with van der Waals surface area (Å²) in [5, 5.41) is 12.4. The maximum atomic E-state index is 14.6. The quantitative estimate of drug-likeness (QED) is 0.245. The van der Waals surface area contributed by atoms with Crippen LogP contribution in [0.2, 0.25) is 5.02 Å². The number of amides is 1. The van der Waals surface area contributed by atoms with Gasteiger partial charge in [0.1, 0.15) is 22.3 Å². The van der Waals surface area contributed by atoms with Gasteiger partial charge in [0, 0.05) is 24.2 Å². The maximum absolute atomic E-state index is 14.6. The molecule has 1 heterocycles. The van der Waals surface area contributed by atoms with Crippen LogP contribution in [0.15, 0.2) is 54.6 Å². The van der Waals surface area contributed by atoms with Gasteiger partial charge < -0.3 is 15.0 Å². The van der Waals surface area contributed by atoms with Crippen molar-refractivity contribution in [3.05, 3.63) is 87.3 Å². The summed E-state index contributed by atoms with van der Waals surface area (Å²) < 4.78 is 34.8. The Balaban J connectivity index is 1.53. The monoisotopic (exact) mass is 579 g/mol. The number of methoxy groups -OCH3 is 1. The molecule has 0 radical (unpaired) electrons. The normalized spacial score (nSPS) is 17.0. The second-order valence-corrected chi connectivity index (χ2v) is 11.3. The maximum Gasteiger partial charge on any atom is 0.266 e. The number of hydrogen-bond acceptors (Lipinski definition) is 5. The van der Waals surface area contributed by atoms with Gasteiger partial charge in [-0.3, -0.25) is 4.79 Å². The molecule has 1 aliphatic rings. The van der Waals surface area contributed by atoms with E-state index in [2.05, 4.69) is 11.4 Å². The zero-order chi connectivity index (χ0) is 28.4. The summed E-state index contributed by atoms with van der Waals surface area (Å²) in [4.78, 5) is 16.0. The van der Waals surface area contributed by atoms with E-state index >= 15 is 0 Å². The van der Waals surface area contributed by atoms with Crippen LogP contribution in [0.3, 0.4) is 0 Å². The Bertz CT molecular complexity index is 1590. The number of benzene rings is 3. The summed E-state index contributed by atoms with van der Waals surface area (Å²) in [5.41, 5.74) is 3.14. The summed E-state index contributed by atoms with van der Waals surface area (Å²) >= 11 is 7.43. The minimum atomic E-state index is -0.653. The van der Waals surface area contributed by atoms with Crippen LogP contribution in [-0.2, 0) is 6.54 Å². The number of carbonyl (C=O) groups excluding carboxylic acids is 1. The Kier molecular flexibility index (Phi) is 8.36. The van der Waals surface area contributed by atoms with Crippen LogP contribution in [0.4, 0.5) is 8.78 Å². The predicted molar refractivity (Wildman–Crippen MR) is 155 cm³/mol. The van der Waals surface area contributed by atoms with E-state index < -0.39 is 11.6 Å². The lowest BCUT2D eigenvalue weighted by Crippen LogP contribution is -2.44. The van der Waals surface area contributed by atoms with Crippen molar-refractivity contribution in [1.82, 2.24) is 10.2 Å². The van der Waals surface area contributed by atoms with Crippen LogP contribution in [0.1, 0.15) is 46.5 Å². The molecular weight excluding hydrogens is 552 g/mol. The second-order valence-electron chi connectivity index (χ2n) is 9.93. The molecule has 0 bridgehead atoms. The second kappa shape index (κ2) is 11.9. The third-order valence-electron chi connectivity index (χ3n) is 7.62. The van der Waals surface area contributed by atoms with Crippen molar-refractivity contribution in [3.63, 3.8) is 0 Å². The van der Waals surface area contributed by atoms with Gasteiger partial charge in [0.15, 0.2) is 0 Å². The molecule has 0 unspecified atom stereocenters. The highest BCUT2D eigenvalue weighted by Gasteiger charge is 2.32. The van der Waals surface area contributed by atoms with E-state index in [-0.39, 0.29) is 38.5 Å². The van der Waals surface area contributed by atoms with E-state index in [1.54, 1.807) is 24.1 Å². The lowest BCUT2D eigenvalue weighted by Gasteiger charge is -2.37. The fourth-order valence-electron chi connectivity index (χ4n) is 5.41. The fraction of sp³-hybridized carbons (Fsp3) is 0.290. The van der Waals surface area contributed by atoms with Crippen LogP contribution in [0.25, 0.3) is 21.2 Å². The number of thiophene rings is 1. The molecule has 40 heavy (non-hydrogen) atoms. The SMILES string of the molecule is CNC1CCC(N(Cc2ccc(OC)c(-c3ccc(C#N)cc3)c2)C(=O)c2sc3c(F)ccc(F)c3c2Cl)CC1. The number of hydrogen-bond donors (Lipinski definition) is 1. The summed E-state index contributed by atoms with van der Waals surface area (Å²) in [6.45, 7) is 0.288. The molecule has 1 N–H and O–H groups in total. The van der Waals surface area contributed by atoms with E-state index in [1.165, 1.54) is 0 Å². The van der Waals surface area contributed by atoms with Gasteiger partial charge in [-0.15, -0.1) is 11.3 Å². The Hall–Kier alpha value is -3.51. The van der Waals surface area contributed by atoms with Crippen molar-refractivity contribution in [2.75, 3.05) is 14.2 Å². The van der Waals surface area contributed by atoms with Crippen LogP contribution in [0, 0.1) is 23.0 Å². The molecule has 0 spiro atoms. The van der Waals surface area contributed by atoms with Crippen molar-refractivity contribution >= 4 is 38.9 Å². The van der Waals surface area contributed by atoms with Crippen molar-refractivity contribution in [2.24, 2.45) is 0 Å². The number of rotatable bonds is 7. The third-order valence-corrected chi connectivity index (χ3v) is 9.30. The molecular formula is C31H28ClF2N3O2S. The molecule has 9 heteroatoms. The van der Waals surface area contributed by atoms with Crippen LogP contribution in [0.5, 0.6) is 5.75 Å². The highest BCUT2D eigenvalue weighted by atomic mass is 35.5. The van der Waals surface area contributed by atoms with Gasteiger partial charge in [0.05, 0.1) is 33.9 Å². The third kappa shape index (κ3) is 5.42. The highest BCUT2D eigenvalue weighted by molar-refractivity contribution is 7.21. The number of halogens is 3. The van der Waals surface area contributed by atoms with Gasteiger partial charge in [0.25, 0.3) is 5.91 Å². The average Bonchev–Trinajstić information content (AvgIpc) is 3.35. The van der Waals surface area contributed by atoms with E-state index in [0.29, 0.717) is 17.4 Å². The van der Waals surface area contributed by atoms with Gasteiger partial charge in [-0.25, -0.2) is 8.78 Å². The zero-order valence-corrected chi connectivity index (χ0v) is 23.7. The summed E-state index contributed by atoms with van der Waals surface area (Å²) in [7, 11) is 3.54. The number of nitrogens with one attached hydrogen (secondary N) is 1. The minimum absolute atomic E-state index is 0.0414. The molecule has 1 aliphatic carbocycles. The Morgan fingerprint density at radius 3 is 2.42 bits per heavy atom. The van der Waals surface area contributed by atoms with Crippen molar-refractivity contribution in [2.45, 2.75) is 44.3 Å². The molecule has 1 amide bonds. The molecule has 0 aliphatic heterocycles. The van der Waals surface area contributed by atoms with Crippen molar-refractivity contribution in [1.29, 1.82) is 5.26 Å². The van der Waals surface area contributed by atoms with E-state index in [1.807, 2.05) is 37.4 Å². The standard InChI is InChI=1S/C31H28ClF2N3O2S/c1-36-21-8-10-22(11-9-21)37(31(38)30-28(32)27-24(33)12-13-25(34)29(27)40-30)17-19-5-14-26(39-2)23(15-19)20-6-3-18(16-35)4-7-20/h3-7,12-15,21-22,36H,8-11,17H2,1-2H3. The average molecular weight is 580 g/mol. The number of nitriles is 1. The lowest BCUT2D eigenvalue weighted by molar-refractivity contribution is 0.0606. The highest BCUT2D eigenvalue weighted by Crippen LogP contribution is 2.40. The Morgan fingerprint density at radius 1 is 1.10 bits per heavy atom. The summed E-state index contributed by atoms with van der Waals surface area (Å²) in [6, 6.07) is 17.5. The van der Waals surface area contributed by atoms with E-state index in [4.69, 9.17) is 16.3 Å². The molecule has 206 valence electrons. The Morgan fingerprint density at radius 2 is 1.80 bits per heavy atom. The molecule has 0 atom stereocenters. The molecule has 5 nitrogen and oxygen atoms in total. The molecule has 0 saturated heterocycles. The topological polar surface area (TPSA) is 65.4 Å². The number of fused-ring (bicyclic) bond motifs is 1. The summed E-state index contributed by atoms with van der Waals surface area (Å²) in [5.74, 6) is -0.932. The number of ether oxygens (including phenoxy) is 1. The summed E-state index contributed by atoms with van der Waals surface area (Å²) in [6.07, 6.45) is 3.41. The first-order valence-electron chi connectivity index (χ1n) is 13.1. The van der Waals surface area contributed by atoms with Crippen molar-refractivity contribution < 1.29 is 18.3 Å². The van der Waals surface area contributed by atoms with Gasteiger partial charge in [0.2, 0.25) is 0 Å². The van der Waals surface area contributed by atoms with Gasteiger partial charge in [-0.05, 0) is 80.3 Å². The minimum Gasteiger partial charge on any atom is -0.496 e. The molecule has 1 saturated carbocycles. The molecule has 1 aromatic heterocycles. The van der Waals surface area contributed by atoms with E-state index in [9.17, 15) is 18.8 Å². The molecule has 4 aromatic rings. The van der Waals surface area contributed by atoms with Gasteiger partial charge >= 0.3 is 0 Å². The first kappa shape index (κ1) is 28.0. The van der Waals surface area contributed by atoms with Gasteiger partial charge in [-0.1, -0.05) is 29.8 Å². The first-order valence-corrected chi connectivity index (χ1v) is 14.3. The lowest BCUT2D eigenvalue weighted by atomic mass is 9.89. The number of nitrogens with zero attached hydrogens (tertiary/aromatic N) is 2. The van der Waals surface area contributed by atoms with Gasteiger partial charge in [-0.2, -0.15) is 5.26 Å². The van der Waals surface area contributed by atoms with Crippen molar-refractivity contribution in [3.8, 4) is 22.9 Å². The molecule has 1 fully saturated rings.